The Morgan fingerprint density at radius 2 is 2.00 bits per heavy atom. The molecule has 0 aliphatic rings. The summed E-state index contributed by atoms with van der Waals surface area (Å²) in [6.07, 6.45) is -0.631. The fourth-order valence-corrected chi connectivity index (χ4v) is 2.08. The van der Waals surface area contributed by atoms with Crippen molar-refractivity contribution in [2.45, 2.75) is 19.6 Å². The largest absolute Gasteiger partial charge is 0.497 e. The molecule has 0 heterocycles. The summed E-state index contributed by atoms with van der Waals surface area (Å²) in [6.45, 7) is 2.09. The zero-order chi connectivity index (χ0) is 14.5. The van der Waals surface area contributed by atoms with Crippen molar-refractivity contribution in [3.8, 4) is 11.5 Å². The van der Waals surface area contributed by atoms with Gasteiger partial charge in [-0.25, -0.2) is 0 Å². The van der Waals surface area contributed by atoms with Gasteiger partial charge in [-0.15, -0.1) is 0 Å². The average molecular weight is 293 g/mol. The summed E-state index contributed by atoms with van der Waals surface area (Å²) < 4.78 is 10.9. The van der Waals surface area contributed by atoms with E-state index in [1.54, 1.807) is 32.2 Å². The normalized spacial score (nSPS) is 12.0. The third kappa shape index (κ3) is 3.65. The van der Waals surface area contributed by atoms with Gasteiger partial charge < -0.3 is 14.6 Å². The molecule has 2 rings (SSSR count). The van der Waals surface area contributed by atoms with E-state index < -0.39 is 6.10 Å². The van der Waals surface area contributed by atoms with Crippen molar-refractivity contribution in [3.63, 3.8) is 0 Å². The van der Waals surface area contributed by atoms with E-state index in [0.717, 1.165) is 11.3 Å². The lowest BCUT2D eigenvalue weighted by Crippen LogP contribution is -2.01. The molecule has 0 bridgehead atoms. The van der Waals surface area contributed by atoms with Gasteiger partial charge in [-0.2, -0.15) is 0 Å². The predicted molar refractivity (Wildman–Crippen MR) is 79.4 cm³/mol. The van der Waals surface area contributed by atoms with Gasteiger partial charge in [0.2, 0.25) is 0 Å². The molecule has 0 saturated heterocycles. The number of rotatable bonds is 5. The minimum atomic E-state index is -0.631. The summed E-state index contributed by atoms with van der Waals surface area (Å²) in [5.41, 5.74) is 1.68. The summed E-state index contributed by atoms with van der Waals surface area (Å²) in [6, 6.07) is 12.9. The topological polar surface area (TPSA) is 38.7 Å². The van der Waals surface area contributed by atoms with Crippen molar-refractivity contribution >= 4 is 11.6 Å². The van der Waals surface area contributed by atoms with Crippen LogP contribution in [0.4, 0.5) is 0 Å². The summed E-state index contributed by atoms with van der Waals surface area (Å²) in [5.74, 6) is 1.42. The van der Waals surface area contributed by atoms with Crippen LogP contribution in [-0.4, -0.2) is 12.2 Å². The fourth-order valence-electron chi connectivity index (χ4n) is 1.90. The van der Waals surface area contributed by atoms with Gasteiger partial charge in [0.1, 0.15) is 18.1 Å². The molecule has 0 aliphatic carbocycles. The van der Waals surface area contributed by atoms with Crippen LogP contribution in [-0.2, 0) is 6.61 Å². The van der Waals surface area contributed by atoms with Crippen LogP contribution in [0.15, 0.2) is 42.5 Å². The van der Waals surface area contributed by atoms with Crippen molar-refractivity contribution in [1.29, 1.82) is 0 Å². The minimum Gasteiger partial charge on any atom is -0.497 e. The standard InChI is InChI=1S/C16H17ClO3/c1-11(18)15-9-13(17)6-7-16(15)20-10-12-4-3-5-14(8-12)19-2/h3-9,11,18H,10H2,1-2H3. The number of aliphatic hydroxyl groups is 1. The first-order valence-electron chi connectivity index (χ1n) is 6.33. The zero-order valence-electron chi connectivity index (χ0n) is 11.5. The molecule has 3 nitrogen and oxygen atoms in total. The third-order valence-electron chi connectivity index (χ3n) is 2.95. The Morgan fingerprint density at radius 1 is 1.20 bits per heavy atom. The van der Waals surface area contributed by atoms with Crippen LogP contribution in [0.3, 0.4) is 0 Å². The van der Waals surface area contributed by atoms with E-state index >= 15 is 0 Å². The number of ether oxygens (including phenoxy) is 2. The number of methoxy groups -OCH3 is 1. The zero-order valence-corrected chi connectivity index (χ0v) is 12.2. The maximum atomic E-state index is 9.75. The second-order valence-electron chi connectivity index (χ2n) is 4.50. The number of hydrogen-bond donors (Lipinski definition) is 1. The average Bonchev–Trinajstić information content (AvgIpc) is 2.46. The second-order valence-corrected chi connectivity index (χ2v) is 4.93. The third-order valence-corrected chi connectivity index (χ3v) is 3.19. The molecule has 0 aliphatic heterocycles. The van der Waals surface area contributed by atoms with Crippen LogP contribution in [0.1, 0.15) is 24.2 Å². The number of aliphatic hydroxyl groups excluding tert-OH is 1. The van der Waals surface area contributed by atoms with Gasteiger partial charge in [0.25, 0.3) is 0 Å². The molecular weight excluding hydrogens is 276 g/mol. The summed E-state index contributed by atoms with van der Waals surface area (Å²) in [5, 5.41) is 10.3. The number of halogens is 1. The quantitative estimate of drug-likeness (QED) is 0.906. The highest BCUT2D eigenvalue weighted by Crippen LogP contribution is 2.29. The van der Waals surface area contributed by atoms with Crippen LogP contribution < -0.4 is 9.47 Å². The molecule has 20 heavy (non-hydrogen) atoms. The lowest BCUT2D eigenvalue weighted by Gasteiger charge is -2.14. The van der Waals surface area contributed by atoms with Gasteiger partial charge in [-0.05, 0) is 42.8 Å². The van der Waals surface area contributed by atoms with E-state index in [4.69, 9.17) is 21.1 Å². The molecule has 106 valence electrons. The minimum absolute atomic E-state index is 0.401. The van der Waals surface area contributed by atoms with Crippen molar-refractivity contribution in [2.24, 2.45) is 0 Å². The molecule has 1 unspecified atom stereocenters. The Bertz CT molecular complexity index is 582. The van der Waals surface area contributed by atoms with E-state index in [0.29, 0.717) is 22.9 Å². The molecule has 1 N–H and O–H groups in total. The van der Waals surface area contributed by atoms with Crippen LogP contribution in [0.25, 0.3) is 0 Å². The molecule has 0 amide bonds. The van der Waals surface area contributed by atoms with Crippen LogP contribution in [0.2, 0.25) is 5.02 Å². The van der Waals surface area contributed by atoms with E-state index in [2.05, 4.69) is 0 Å². The lowest BCUT2D eigenvalue weighted by atomic mass is 10.1. The molecule has 0 saturated carbocycles. The maximum absolute atomic E-state index is 9.75. The maximum Gasteiger partial charge on any atom is 0.125 e. The molecule has 0 aromatic heterocycles. The first kappa shape index (κ1) is 14.7. The van der Waals surface area contributed by atoms with Gasteiger partial charge in [0, 0.05) is 10.6 Å². The van der Waals surface area contributed by atoms with E-state index in [1.807, 2.05) is 24.3 Å². The number of hydrogen-bond acceptors (Lipinski definition) is 3. The van der Waals surface area contributed by atoms with E-state index in [9.17, 15) is 5.11 Å². The van der Waals surface area contributed by atoms with E-state index in [1.165, 1.54) is 0 Å². The molecule has 0 radical (unpaired) electrons. The molecule has 0 spiro atoms. The van der Waals surface area contributed by atoms with Crippen molar-refractivity contribution in [3.05, 3.63) is 58.6 Å². The van der Waals surface area contributed by atoms with Gasteiger partial charge in [-0.3, -0.25) is 0 Å². The molecule has 2 aromatic carbocycles. The Labute approximate surface area is 123 Å². The van der Waals surface area contributed by atoms with Gasteiger partial charge in [0.15, 0.2) is 0 Å². The first-order chi connectivity index (χ1) is 9.60. The van der Waals surface area contributed by atoms with E-state index in [-0.39, 0.29) is 0 Å². The first-order valence-corrected chi connectivity index (χ1v) is 6.71. The lowest BCUT2D eigenvalue weighted by molar-refractivity contribution is 0.190. The van der Waals surface area contributed by atoms with Crippen LogP contribution in [0, 0.1) is 0 Å². The highest BCUT2D eigenvalue weighted by atomic mass is 35.5. The second kappa shape index (κ2) is 6.64. The molecule has 1 atom stereocenters. The predicted octanol–water partition coefficient (Wildman–Crippen LogP) is 3.98. The van der Waals surface area contributed by atoms with Crippen LogP contribution in [0.5, 0.6) is 11.5 Å². The van der Waals surface area contributed by atoms with Crippen molar-refractivity contribution in [1.82, 2.24) is 0 Å². The Balaban J connectivity index is 2.14. The summed E-state index contributed by atoms with van der Waals surface area (Å²) in [7, 11) is 1.63. The van der Waals surface area contributed by atoms with Gasteiger partial charge in [0.05, 0.1) is 13.2 Å². The highest BCUT2D eigenvalue weighted by molar-refractivity contribution is 6.30. The summed E-state index contributed by atoms with van der Waals surface area (Å²) in [4.78, 5) is 0. The van der Waals surface area contributed by atoms with Crippen molar-refractivity contribution in [2.75, 3.05) is 7.11 Å². The Kier molecular flexibility index (Phi) is 4.88. The Morgan fingerprint density at radius 3 is 2.70 bits per heavy atom. The Hall–Kier alpha value is -1.71. The smallest absolute Gasteiger partial charge is 0.125 e. The summed E-state index contributed by atoms with van der Waals surface area (Å²) >= 11 is 5.93. The molecule has 2 aromatic rings. The monoisotopic (exact) mass is 292 g/mol. The molecule has 4 heteroatoms. The highest BCUT2D eigenvalue weighted by Gasteiger charge is 2.10. The fraction of sp³-hybridized carbons (Fsp3) is 0.250. The van der Waals surface area contributed by atoms with Crippen molar-refractivity contribution < 1.29 is 14.6 Å². The van der Waals surface area contributed by atoms with Gasteiger partial charge in [-0.1, -0.05) is 23.7 Å². The SMILES string of the molecule is COc1cccc(COc2ccc(Cl)cc2C(C)O)c1. The molecule has 0 fully saturated rings. The number of benzene rings is 2. The van der Waals surface area contributed by atoms with Gasteiger partial charge >= 0.3 is 0 Å². The van der Waals surface area contributed by atoms with Crippen LogP contribution >= 0.6 is 11.6 Å². The molecular formula is C16H17ClO3.